The van der Waals surface area contributed by atoms with Crippen molar-refractivity contribution in [2.75, 3.05) is 0 Å². The first-order chi connectivity index (χ1) is 5.29. The first kappa shape index (κ1) is 12.8. The second-order valence-electron chi connectivity index (χ2n) is 2.78. The summed E-state index contributed by atoms with van der Waals surface area (Å²) in [7, 11) is 0. The quantitative estimate of drug-likeness (QED) is 0.395. The average Bonchev–Trinajstić information content (AvgIpc) is 1.96. The van der Waals surface area contributed by atoms with Gasteiger partial charge in [0.1, 0.15) is 6.47 Å². The molecule has 2 unspecified atom stereocenters. The van der Waals surface area contributed by atoms with Crippen LogP contribution >= 0.6 is 91.3 Å². The van der Waals surface area contributed by atoms with Gasteiger partial charge in [0.25, 0.3) is 0 Å². The lowest BCUT2D eigenvalue weighted by molar-refractivity contribution is 0.524. The van der Waals surface area contributed by atoms with E-state index in [0.717, 1.165) is 12.8 Å². The van der Waals surface area contributed by atoms with E-state index in [2.05, 4.69) is 79.6 Å². The van der Waals surface area contributed by atoms with Gasteiger partial charge in [0.15, 0.2) is 0 Å². The molecule has 0 amide bonds. The molecule has 12 heavy (non-hydrogen) atoms. The standard InChI is InChI=1S/C6H6Br5Cl/c7-3-1-2-5(8,9)6(10,11)4(3)12/h3-4H,1-2H2. The van der Waals surface area contributed by atoms with Crippen LogP contribution in [0.25, 0.3) is 0 Å². The topological polar surface area (TPSA) is 0 Å². The molecule has 6 heteroatoms. The van der Waals surface area contributed by atoms with Crippen molar-refractivity contribution in [2.45, 2.75) is 29.5 Å². The smallest absolute Gasteiger partial charge is 0.119 e. The Morgan fingerprint density at radius 3 is 2.08 bits per heavy atom. The molecule has 0 spiro atoms. The van der Waals surface area contributed by atoms with Gasteiger partial charge in [0.2, 0.25) is 0 Å². The maximum atomic E-state index is 6.24. The Hall–Kier alpha value is 2.69. The molecule has 0 heterocycles. The molecular formula is C6H6Br5Cl. The van der Waals surface area contributed by atoms with Gasteiger partial charge in [-0.3, -0.25) is 0 Å². The third-order valence-electron chi connectivity index (χ3n) is 1.89. The number of rotatable bonds is 0. The van der Waals surface area contributed by atoms with E-state index in [1.165, 1.54) is 0 Å². The van der Waals surface area contributed by atoms with Crippen LogP contribution < -0.4 is 0 Å². The molecule has 1 aliphatic carbocycles. The van der Waals surface area contributed by atoms with Crippen LogP contribution in [0.15, 0.2) is 0 Å². The Labute approximate surface area is 119 Å². The van der Waals surface area contributed by atoms with E-state index in [1.54, 1.807) is 0 Å². The molecule has 1 rings (SSSR count). The van der Waals surface area contributed by atoms with Gasteiger partial charge in [0, 0.05) is 4.83 Å². The van der Waals surface area contributed by atoms with Gasteiger partial charge >= 0.3 is 0 Å². The van der Waals surface area contributed by atoms with Crippen molar-refractivity contribution >= 4 is 91.3 Å². The average molecular weight is 513 g/mol. The van der Waals surface area contributed by atoms with Crippen molar-refractivity contribution in [2.24, 2.45) is 0 Å². The summed E-state index contributed by atoms with van der Waals surface area (Å²) in [5.41, 5.74) is 0. The fraction of sp³-hybridized carbons (Fsp3) is 1.00. The second-order valence-corrected chi connectivity index (χ2v) is 11.8. The predicted octanol–water partition coefficient (Wildman–Crippen LogP) is 5.12. The summed E-state index contributed by atoms with van der Waals surface area (Å²) in [6.45, 7) is 0. The summed E-state index contributed by atoms with van der Waals surface area (Å²) in [5.74, 6) is 0. The molecule has 1 saturated carbocycles. The summed E-state index contributed by atoms with van der Waals surface area (Å²) in [5, 5.41) is -0.00926. The molecule has 0 bridgehead atoms. The fourth-order valence-corrected chi connectivity index (χ4v) is 4.96. The lowest BCUT2D eigenvalue weighted by Crippen LogP contribution is -2.50. The van der Waals surface area contributed by atoms with Gasteiger partial charge in [-0.1, -0.05) is 79.6 Å². The number of hydrogen-bond donors (Lipinski definition) is 0. The van der Waals surface area contributed by atoms with Crippen molar-refractivity contribution < 1.29 is 0 Å². The van der Waals surface area contributed by atoms with E-state index in [4.69, 9.17) is 11.6 Å². The van der Waals surface area contributed by atoms with Crippen LogP contribution in [0.1, 0.15) is 12.8 Å². The van der Waals surface area contributed by atoms with E-state index in [-0.39, 0.29) is 11.8 Å². The molecule has 0 radical (unpaired) electrons. The minimum absolute atomic E-state index is 0.00926. The van der Waals surface area contributed by atoms with Gasteiger partial charge in [-0.25, -0.2) is 0 Å². The van der Waals surface area contributed by atoms with Crippen molar-refractivity contribution in [3.05, 3.63) is 0 Å². The van der Waals surface area contributed by atoms with Crippen LogP contribution in [0, 0.1) is 0 Å². The van der Waals surface area contributed by atoms with Crippen LogP contribution in [0.4, 0.5) is 0 Å². The van der Waals surface area contributed by atoms with E-state index < -0.39 is 0 Å². The minimum Gasteiger partial charge on any atom is -0.119 e. The SMILES string of the molecule is ClC1C(Br)CCC(Br)(Br)C1(Br)Br. The zero-order chi connectivity index (χ0) is 9.57. The molecule has 1 fully saturated rings. The van der Waals surface area contributed by atoms with Gasteiger partial charge in [-0.05, 0) is 12.8 Å². The van der Waals surface area contributed by atoms with Crippen LogP contribution in [0.3, 0.4) is 0 Å². The van der Waals surface area contributed by atoms with E-state index >= 15 is 0 Å². The maximum absolute atomic E-state index is 6.24. The van der Waals surface area contributed by atoms with E-state index in [1.807, 2.05) is 0 Å². The maximum Gasteiger partial charge on any atom is 0.123 e. The largest absolute Gasteiger partial charge is 0.123 e. The van der Waals surface area contributed by atoms with Crippen LogP contribution in [0.2, 0.25) is 0 Å². The molecule has 0 aliphatic heterocycles. The molecule has 72 valence electrons. The lowest BCUT2D eigenvalue weighted by Gasteiger charge is -2.44. The van der Waals surface area contributed by atoms with Crippen molar-refractivity contribution in [3.63, 3.8) is 0 Å². The molecular weight excluding hydrogens is 507 g/mol. The molecule has 0 aromatic carbocycles. The fourth-order valence-electron chi connectivity index (χ4n) is 1.06. The summed E-state index contributed by atoms with van der Waals surface area (Å²) < 4.78 is -0.495. The van der Waals surface area contributed by atoms with Crippen molar-refractivity contribution in [1.82, 2.24) is 0 Å². The number of alkyl halides is 6. The monoisotopic (exact) mass is 508 g/mol. The number of halogens is 6. The Morgan fingerprint density at radius 2 is 1.67 bits per heavy atom. The van der Waals surface area contributed by atoms with Gasteiger partial charge < -0.3 is 0 Å². The van der Waals surface area contributed by atoms with Crippen molar-refractivity contribution in [1.29, 1.82) is 0 Å². The highest BCUT2D eigenvalue weighted by Gasteiger charge is 2.54. The first-order valence-corrected chi connectivity index (χ1v) is 7.85. The molecule has 0 saturated heterocycles. The zero-order valence-corrected chi connectivity index (χ0v) is 14.5. The zero-order valence-electron chi connectivity index (χ0n) is 5.84. The molecule has 0 aromatic heterocycles. The summed E-state index contributed by atoms with van der Waals surface area (Å²) in [4.78, 5) is 0.334. The third-order valence-corrected chi connectivity index (χ3v) is 10.8. The van der Waals surface area contributed by atoms with E-state index in [9.17, 15) is 0 Å². The molecule has 2 atom stereocenters. The molecule has 1 aliphatic rings. The van der Waals surface area contributed by atoms with E-state index in [0.29, 0.717) is 4.83 Å². The molecule has 0 N–H and O–H groups in total. The third kappa shape index (κ3) is 2.26. The Kier molecular flexibility index (Phi) is 4.55. The van der Waals surface area contributed by atoms with Gasteiger partial charge in [-0.2, -0.15) is 0 Å². The predicted molar refractivity (Wildman–Crippen MR) is 72.8 cm³/mol. The molecule has 0 nitrogen and oxygen atoms in total. The first-order valence-electron chi connectivity index (χ1n) is 3.33. The van der Waals surface area contributed by atoms with Gasteiger partial charge in [-0.15, -0.1) is 11.6 Å². The molecule has 0 aromatic rings. The highest BCUT2D eigenvalue weighted by molar-refractivity contribution is 9.30. The second kappa shape index (κ2) is 4.28. The highest BCUT2D eigenvalue weighted by atomic mass is 79.9. The minimum atomic E-state index is -0.318. The number of hydrogen-bond acceptors (Lipinski definition) is 0. The Morgan fingerprint density at radius 1 is 1.17 bits per heavy atom. The summed E-state index contributed by atoms with van der Waals surface area (Å²) >= 11 is 24.2. The lowest BCUT2D eigenvalue weighted by atomic mass is 9.99. The van der Waals surface area contributed by atoms with Crippen LogP contribution in [-0.4, -0.2) is 16.7 Å². The highest BCUT2D eigenvalue weighted by Crippen LogP contribution is 2.59. The Balaban J connectivity index is 2.88. The van der Waals surface area contributed by atoms with Gasteiger partial charge in [0.05, 0.1) is 5.38 Å². The van der Waals surface area contributed by atoms with Crippen molar-refractivity contribution in [3.8, 4) is 0 Å². The van der Waals surface area contributed by atoms with Crippen LogP contribution in [0.5, 0.6) is 0 Å². The Bertz CT molecular complexity index is 181. The normalized spacial score (nSPS) is 39.5. The summed E-state index contributed by atoms with van der Waals surface area (Å²) in [6, 6.07) is 0. The van der Waals surface area contributed by atoms with Crippen LogP contribution in [-0.2, 0) is 0 Å². The summed E-state index contributed by atoms with van der Waals surface area (Å²) in [6.07, 6.45) is 2.05.